The molecule has 1 unspecified atom stereocenters. The molecule has 2 aromatic rings. The van der Waals surface area contributed by atoms with Gasteiger partial charge in [-0.2, -0.15) is 0 Å². The molecule has 0 saturated heterocycles. The van der Waals surface area contributed by atoms with Crippen molar-refractivity contribution in [3.8, 4) is 16.9 Å². The van der Waals surface area contributed by atoms with Crippen LogP contribution in [0.3, 0.4) is 0 Å². The fourth-order valence-corrected chi connectivity index (χ4v) is 2.46. The number of rotatable bonds is 5. The van der Waals surface area contributed by atoms with Crippen molar-refractivity contribution in [1.82, 2.24) is 0 Å². The number of benzene rings is 2. The van der Waals surface area contributed by atoms with Crippen molar-refractivity contribution in [3.05, 3.63) is 53.6 Å². The average Bonchev–Trinajstić information content (AvgIpc) is 2.47. The second-order valence-corrected chi connectivity index (χ2v) is 5.30. The molecule has 2 aromatic carbocycles. The Morgan fingerprint density at radius 1 is 1.10 bits per heavy atom. The van der Waals surface area contributed by atoms with Crippen molar-refractivity contribution in [1.29, 1.82) is 0 Å². The smallest absolute Gasteiger partial charge is 0.126 e. The standard InChI is InChI=1S/C18H23NO/c1-13-4-9-18(20-3)17(12-13)16-7-5-15(6-8-16)14(2)10-11-19/h4-9,12,14H,10-11,19H2,1-3H3. The molecule has 0 spiro atoms. The highest BCUT2D eigenvalue weighted by molar-refractivity contribution is 5.71. The van der Waals surface area contributed by atoms with Gasteiger partial charge in [0.2, 0.25) is 0 Å². The van der Waals surface area contributed by atoms with Crippen molar-refractivity contribution in [2.75, 3.05) is 13.7 Å². The highest BCUT2D eigenvalue weighted by atomic mass is 16.5. The van der Waals surface area contributed by atoms with Crippen molar-refractivity contribution in [3.63, 3.8) is 0 Å². The van der Waals surface area contributed by atoms with E-state index in [9.17, 15) is 0 Å². The zero-order valence-corrected chi connectivity index (χ0v) is 12.5. The minimum absolute atomic E-state index is 0.508. The van der Waals surface area contributed by atoms with Crippen molar-refractivity contribution >= 4 is 0 Å². The molecule has 2 N–H and O–H groups in total. The van der Waals surface area contributed by atoms with E-state index in [0.717, 1.165) is 24.3 Å². The molecule has 2 nitrogen and oxygen atoms in total. The third-order valence-electron chi connectivity index (χ3n) is 3.75. The Morgan fingerprint density at radius 3 is 2.40 bits per heavy atom. The molecule has 0 aromatic heterocycles. The summed E-state index contributed by atoms with van der Waals surface area (Å²) >= 11 is 0. The molecule has 0 saturated carbocycles. The summed E-state index contributed by atoms with van der Waals surface area (Å²) in [6.45, 7) is 5.05. The van der Waals surface area contributed by atoms with Crippen LogP contribution in [0, 0.1) is 6.92 Å². The minimum Gasteiger partial charge on any atom is -0.496 e. The van der Waals surface area contributed by atoms with Gasteiger partial charge in [-0.15, -0.1) is 0 Å². The van der Waals surface area contributed by atoms with E-state index in [4.69, 9.17) is 10.5 Å². The quantitative estimate of drug-likeness (QED) is 0.886. The maximum absolute atomic E-state index is 5.63. The lowest BCUT2D eigenvalue weighted by molar-refractivity contribution is 0.416. The van der Waals surface area contributed by atoms with Crippen LogP contribution in [0.25, 0.3) is 11.1 Å². The van der Waals surface area contributed by atoms with E-state index >= 15 is 0 Å². The van der Waals surface area contributed by atoms with Crippen LogP contribution in [0.5, 0.6) is 5.75 Å². The topological polar surface area (TPSA) is 35.2 Å². The zero-order valence-electron chi connectivity index (χ0n) is 12.5. The molecule has 0 fully saturated rings. The molecule has 0 aliphatic carbocycles. The summed E-state index contributed by atoms with van der Waals surface area (Å²) in [7, 11) is 1.71. The first kappa shape index (κ1) is 14.6. The molecular weight excluding hydrogens is 246 g/mol. The Bertz CT molecular complexity index is 560. The van der Waals surface area contributed by atoms with E-state index in [0.29, 0.717) is 5.92 Å². The number of hydrogen-bond donors (Lipinski definition) is 1. The fraction of sp³-hybridized carbons (Fsp3) is 0.333. The summed E-state index contributed by atoms with van der Waals surface area (Å²) in [5.41, 5.74) is 10.5. The van der Waals surface area contributed by atoms with Gasteiger partial charge in [0.1, 0.15) is 5.75 Å². The molecular formula is C18H23NO. The van der Waals surface area contributed by atoms with Gasteiger partial charge in [-0.05, 0) is 49.1 Å². The van der Waals surface area contributed by atoms with Gasteiger partial charge in [-0.25, -0.2) is 0 Å². The third-order valence-corrected chi connectivity index (χ3v) is 3.75. The van der Waals surface area contributed by atoms with E-state index < -0.39 is 0 Å². The first-order valence-electron chi connectivity index (χ1n) is 7.10. The summed E-state index contributed by atoms with van der Waals surface area (Å²) in [6.07, 6.45) is 1.02. The fourth-order valence-electron chi connectivity index (χ4n) is 2.46. The first-order chi connectivity index (χ1) is 9.65. The Hall–Kier alpha value is -1.80. The van der Waals surface area contributed by atoms with Gasteiger partial charge >= 0.3 is 0 Å². The summed E-state index contributed by atoms with van der Waals surface area (Å²) in [5, 5.41) is 0. The molecule has 1 atom stereocenters. The minimum atomic E-state index is 0.508. The Morgan fingerprint density at radius 2 is 1.80 bits per heavy atom. The predicted molar refractivity (Wildman–Crippen MR) is 85.3 cm³/mol. The number of methoxy groups -OCH3 is 1. The van der Waals surface area contributed by atoms with E-state index in [1.807, 2.05) is 6.07 Å². The summed E-state index contributed by atoms with van der Waals surface area (Å²) in [5.74, 6) is 1.42. The van der Waals surface area contributed by atoms with E-state index in [-0.39, 0.29) is 0 Å². The third kappa shape index (κ3) is 3.20. The maximum Gasteiger partial charge on any atom is 0.126 e. The molecule has 0 amide bonds. The SMILES string of the molecule is COc1ccc(C)cc1-c1ccc(C(C)CCN)cc1. The highest BCUT2D eigenvalue weighted by Crippen LogP contribution is 2.32. The second kappa shape index (κ2) is 6.58. The van der Waals surface area contributed by atoms with Gasteiger partial charge < -0.3 is 10.5 Å². The summed E-state index contributed by atoms with van der Waals surface area (Å²) in [4.78, 5) is 0. The molecule has 2 rings (SSSR count). The van der Waals surface area contributed by atoms with Crippen LogP contribution in [0.1, 0.15) is 30.4 Å². The molecule has 0 aliphatic heterocycles. The van der Waals surface area contributed by atoms with Crippen LogP contribution in [0.2, 0.25) is 0 Å². The number of nitrogens with two attached hydrogens (primary N) is 1. The van der Waals surface area contributed by atoms with Crippen LogP contribution < -0.4 is 10.5 Å². The maximum atomic E-state index is 5.63. The average molecular weight is 269 g/mol. The number of aryl methyl sites for hydroxylation is 1. The van der Waals surface area contributed by atoms with Crippen LogP contribution >= 0.6 is 0 Å². The van der Waals surface area contributed by atoms with Gasteiger partial charge in [0, 0.05) is 5.56 Å². The zero-order chi connectivity index (χ0) is 14.5. The van der Waals surface area contributed by atoms with E-state index in [1.165, 1.54) is 16.7 Å². The second-order valence-electron chi connectivity index (χ2n) is 5.30. The molecule has 2 heteroatoms. The van der Waals surface area contributed by atoms with Gasteiger partial charge in [0.15, 0.2) is 0 Å². The van der Waals surface area contributed by atoms with Gasteiger partial charge in [0.05, 0.1) is 7.11 Å². The molecule has 0 aliphatic rings. The van der Waals surface area contributed by atoms with Gasteiger partial charge in [0.25, 0.3) is 0 Å². The van der Waals surface area contributed by atoms with Crippen LogP contribution in [0.4, 0.5) is 0 Å². The van der Waals surface area contributed by atoms with Crippen molar-refractivity contribution in [2.24, 2.45) is 5.73 Å². The normalized spacial score (nSPS) is 12.2. The lowest BCUT2D eigenvalue weighted by Gasteiger charge is -2.13. The first-order valence-corrected chi connectivity index (χ1v) is 7.10. The molecule has 0 heterocycles. The monoisotopic (exact) mass is 269 g/mol. The Balaban J connectivity index is 2.32. The number of ether oxygens (including phenoxy) is 1. The Labute approximate surface area is 121 Å². The van der Waals surface area contributed by atoms with Crippen LogP contribution in [-0.2, 0) is 0 Å². The lowest BCUT2D eigenvalue weighted by atomic mass is 9.94. The largest absolute Gasteiger partial charge is 0.496 e. The van der Waals surface area contributed by atoms with E-state index in [1.54, 1.807) is 7.11 Å². The summed E-state index contributed by atoms with van der Waals surface area (Å²) in [6, 6.07) is 15.0. The van der Waals surface area contributed by atoms with Crippen molar-refractivity contribution < 1.29 is 4.74 Å². The van der Waals surface area contributed by atoms with Crippen LogP contribution in [0.15, 0.2) is 42.5 Å². The van der Waals surface area contributed by atoms with E-state index in [2.05, 4.69) is 50.2 Å². The molecule has 20 heavy (non-hydrogen) atoms. The Kier molecular flexibility index (Phi) is 4.80. The molecule has 106 valence electrons. The summed E-state index contributed by atoms with van der Waals surface area (Å²) < 4.78 is 5.45. The van der Waals surface area contributed by atoms with Crippen molar-refractivity contribution in [2.45, 2.75) is 26.2 Å². The lowest BCUT2D eigenvalue weighted by Crippen LogP contribution is -2.04. The van der Waals surface area contributed by atoms with Gasteiger partial charge in [-0.3, -0.25) is 0 Å². The predicted octanol–water partition coefficient (Wildman–Crippen LogP) is 4.12. The van der Waals surface area contributed by atoms with Crippen LogP contribution in [-0.4, -0.2) is 13.7 Å². The molecule has 0 bridgehead atoms. The highest BCUT2D eigenvalue weighted by Gasteiger charge is 2.08. The number of hydrogen-bond acceptors (Lipinski definition) is 2. The van der Waals surface area contributed by atoms with Gasteiger partial charge in [-0.1, -0.05) is 42.8 Å². The molecule has 0 radical (unpaired) electrons.